The van der Waals surface area contributed by atoms with Gasteiger partial charge in [0.25, 0.3) is 0 Å². The molecular formula is C15H17FN2O2. The number of carbonyl (C=O) groups is 1. The molecule has 20 heavy (non-hydrogen) atoms. The first-order valence-electron chi connectivity index (χ1n) is 6.81. The number of carboxylic acids is 1. The summed E-state index contributed by atoms with van der Waals surface area (Å²) in [7, 11) is 0. The van der Waals surface area contributed by atoms with Gasteiger partial charge in [0.15, 0.2) is 0 Å². The van der Waals surface area contributed by atoms with Crippen molar-refractivity contribution in [2.24, 2.45) is 5.92 Å². The van der Waals surface area contributed by atoms with E-state index < -0.39 is 17.8 Å². The topological polar surface area (TPSA) is 73.1 Å². The summed E-state index contributed by atoms with van der Waals surface area (Å²) in [6, 6.07) is 4.92. The number of nitrogens with one attached hydrogen (secondary N) is 1. The largest absolute Gasteiger partial charge is 0.480 e. The highest BCUT2D eigenvalue weighted by atomic mass is 19.1. The van der Waals surface area contributed by atoms with Gasteiger partial charge in [-0.25, -0.2) is 9.18 Å². The first kappa shape index (κ1) is 14.3. The minimum absolute atomic E-state index is 0.0536. The van der Waals surface area contributed by atoms with Crippen LogP contribution in [0.5, 0.6) is 0 Å². The van der Waals surface area contributed by atoms with Crippen molar-refractivity contribution < 1.29 is 14.3 Å². The third-order valence-electron chi connectivity index (χ3n) is 3.80. The first-order chi connectivity index (χ1) is 9.61. The van der Waals surface area contributed by atoms with E-state index in [1.54, 1.807) is 0 Å². The van der Waals surface area contributed by atoms with Crippen LogP contribution in [-0.2, 0) is 4.79 Å². The number of anilines is 1. The lowest BCUT2D eigenvalue weighted by Crippen LogP contribution is -2.38. The summed E-state index contributed by atoms with van der Waals surface area (Å²) in [4.78, 5) is 11.5. The predicted molar refractivity (Wildman–Crippen MR) is 72.7 cm³/mol. The van der Waals surface area contributed by atoms with E-state index in [1.165, 1.54) is 12.1 Å². The van der Waals surface area contributed by atoms with Crippen molar-refractivity contribution in [3.63, 3.8) is 0 Å². The Bertz CT molecular complexity index is 533. The molecule has 106 valence electrons. The molecule has 0 spiro atoms. The normalized spacial score (nSPS) is 17.2. The number of carboxylic acid groups (broad SMARTS) is 1. The molecule has 2 rings (SSSR count). The van der Waals surface area contributed by atoms with Gasteiger partial charge in [0, 0.05) is 0 Å². The van der Waals surface area contributed by atoms with Crippen molar-refractivity contribution in [1.82, 2.24) is 0 Å². The summed E-state index contributed by atoms with van der Waals surface area (Å²) < 4.78 is 13.1. The molecule has 1 atom stereocenters. The van der Waals surface area contributed by atoms with Crippen LogP contribution in [0, 0.1) is 23.1 Å². The molecule has 1 fully saturated rings. The molecule has 1 saturated carbocycles. The lowest BCUT2D eigenvalue weighted by atomic mass is 9.83. The fraction of sp³-hybridized carbons (Fsp3) is 0.467. The maximum Gasteiger partial charge on any atom is 0.326 e. The Hall–Kier alpha value is -2.09. The number of aliphatic carboxylic acids is 1. The molecule has 0 heterocycles. The number of nitriles is 1. The van der Waals surface area contributed by atoms with Crippen LogP contribution in [0.25, 0.3) is 0 Å². The molecule has 5 heteroatoms. The van der Waals surface area contributed by atoms with E-state index in [0.29, 0.717) is 5.69 Å². The van der Waals surface area contributed by atoms with Gasteiger partial charge in [-0.1, -0.05) is 19.3 Å². The van der Waals surface area contributed by atoms with Crippen LogP contribution in [0.4, 0.5) is 10.1 Å². The predicted octanol–water partition coefficient (Wildman–Crippen LogP) is 3.14. The van der Waals surface area contributed by atoms with Gasteiger partial charge in [0.2, 0.25) is 0 Å². The van der Waals surface area contributed by atoms with E-state index in [-0.39, 0.29) is 11.5 Å². The van der Waals surface area contributed by atoms with Crippen LogP contribution < -0.4 is 5.32 Å². The van der Waals surface area contributed by atoms with Crippen molar-refractivity contribution in [2.75, 3.05) is 5.32 Å². The first-order valence-corrected chi connectivity index (χ1v) is 6.81. The number of nitrogens with zero attached hydrogens (tertiary/aromatic N) is 1. The molecule has 2 N–H and O–H groups in total. The van der Waals surface area contributed by atoms with E-state index in [9.17, 15) is 14.3 Å². The lowest BCUT2D eigenvalue weighted by Gasteiger charge is -2.29. The zero-order chi connectivity index (χ0) is 14.5. The van der Waals surface area contributed by atoms with Crippen molar-refractivity contribution in [3.8, 4) is 6.07 Å². The molecule has 0 saturated heterocycles. The van der Waals surface area contributed by atoms with Crippen LogP contribution in [0.3, 0.4) is 0 Å². The molecule has 0 aliphatic heterocycles. The van der Waals surface area contributed by atoms with Crippen molar-refractivity contribution in [1.29, 1.82) is 5.26 Å². The number of benzene rings is 1. The van der Waals surface area contributed by atoms with Gasteiger partial charge in [-0.2, -0.15) is 5.26 Å². The van der Waals surface area contributed by atoms with Gasteiger partial charge in [0.1, 0.15) is 17.9 Å². The molecule has 1 aromatic carbocycles. The van der Waals surface area contributed by atoms with Crippen LogP contribution in [-0.4, -0.2) is 17.1 Å². The average molecular weight is 276 g/mol. The monoisotopic (exact) mass is 276 g/mol. The van der Waals surface area contributed by atoms with Gasteiger partial charge in [0.05, 0.1) is 11.3 Å². The highest BCUT2D eigenvalue weighted by Crippen LogP contribution is 2.29. The maximum absolute atomic E-state index is 13.1. The van der Waals surface area contributed by atoms with E-state index in [0.717, 1.165) is 38.2 Å². The summed E-state index contributed by atoms with van der Waals surface area (Å²) in [6.07, 6.45) is 4.94. The summed E-state index contributed by atoms with van der Waals surface area (Å²) in [5, 5.41) is 21.3. The third kappa shape index (κ3) is 3.27. The van der Waals surface area contributed by atoms with Gasteiger partial charge in [-0.15, -0.1) is 0 Å². The van der Waals surface area contributed by atoms with Crippen molar-refractivity contribution >= 4 is 11.7 Å². The van der Waals surface area contributed by atoms with Crippen LogP contribution >= 0.6 is 0 Å². The van der Waals surface area contributed by atoms with Crippen LogP contribution in [0.15, 0.2) is 18.2 Å². The summed E-state index contributed by atoms with van der Waals surface area (Å²) in [6.45, 7) is 0. The molecule has 0 radical (unpaired) electrons. The molecule has 0 amide bonds. The van der Waals surface area contributed by atoms with Gasteiger partial charge in [-0.05, 0) is 37.0 Å². The minimum Gasteiger partial charge on any atom is -0.480 e. The summed E-state index contributed by atoms with van der Waals surface area (Å²) in [5.41, 5.74) is 0.513. The molecule has 1 aromatic rings. The highest BCUT2D eigenvalue weighted by molar-refractivity contribution is 5.78. The molecule has 1 aliphatic carbocycles. The van der Waals surface area contributed by atoms with E-state index in [1.807, 2.05) is 6.07 Å². The second kappa shape index (κ2) is 6.38. The minimum atomic E-state index is -0.926. The molecule has 0 bridgehead atoms. The number of rotatable bonds is 4. The Morgan fingerprint density at radius 3 is 2.70 bits per heavy atom. The molecule has 4 nitrogen and oxygen atoms in total. The zero-order valence-electron chi connectivity index (χ0n) is 11.1. The Morgan fingerprint density at radius 1 is 1.40 bits per heavy atom. The van der Waals surface area contributed by atoms with Crippen molar-refractivity contribution in [3.05, 3.63) is 29.6 Å². The smallest absolute Gasteiger partial charge is 0.326 e. The van der Waals surface area contributed by atoms with E-state index in [2.05, 4.69) is 5.32 Å². The SMILES string of the molecule is N#Cc1cc(F)ccc1NC(C(=O)O)C1CCCCC1. The maximum atomic E-state index is 13.1. The van der Waals surface area contributed by atoms with E-state index >= 15 is 0 Å². The Balaban J connectivity index is 2.20. The lowest BCUT2D eigenvalue weighted by molar-refractivity contribution is -0.139. The van der Waals surface area contributed by atoms with Gasteiger partial charge in [-0.3, -0.25) is 0 Å². The standard InChI is InChI=1S/C15H17FN2O2/c16-12-6-7-13(11(8-12)9-17)18-14(15(19)20)10-4-2-1-3-5-10/h6-8,10,14,18H,1-5H2,(H,19,20). The Labute approximate surface area is 117 Å². The molecule has 1 unspecified atom stereocenters. The van der Waals surface area contributed by atoms with Crippen LogP contribution in [0.1, 0.15) is 37.7 Å². The second-order valence-corrected chi connectivity index (χ2v) is 5.16. The van der Waals surface area contributed by atoms with E-state index in [4.69, 9.17) is 5.26 Å². The third-order valence-corrected chi connectivity index (χ3v) is 3.80. The van der Waals surface area contributed by atoms with Crippen LogP contribution in [0.2, 0.25) is 0 Å². The van der Waals surface area contributed by atoms with Gasteiger partial charge < -0.3 is 10.4 Å². The summed E-state index contributed by atoms with van der Waals surface area (Å²) in [5.74, 6) is -1.38. The van der Waals surface area contributed by atoms with Gasteiger partial charge >= 0.3 is 5.97 Å². The quantitative estimate of drug-likeness (QED) is 0.886. The summed E-state index contributed by atoms with van der Waals surface area (Å²) >= 11 is 0. The Kier molecular flexibility index (Phi) is 4.57. The number of hydrogen-bond donors (Lipinski definition) is 2. The second-order valence-electron chi connectivity index (χ2n) is 5.16. The Morgan fingerprint density at radius 2 is 2.10 bits per heavy atom. The number of halogens is 1. The highest BCUT2D eigenvalue weighted by Gasteiger charge is 2.29. The fourth-order valence-electron chi connectivity index (χ4n) is 2.75. The molecule has 0 aromatic heterocycles. The fourth-order valence-corrected chi connectivity index (χ4v) is 2.75. The zero-order valence-corrected chi connectivity index (χ0v) is 11.1. The molecular weight excluding hydrogens is 259 g/mol. The number of hydrogen-bond acceptors (Lipinski definition) is 3. The average Bonchev–Trinajstić information content (AvgIpc) is 2.46. The van der Waals surface area contributed by atoms with Crippen molar-refractivity contribution in [2.45, 2.75) is 38.1 Å². The molecule has 1 aliphatic rings.